The molecule has 2 rings (SSSR count). The molecule has 0 amide bonds. The molecule has 2 aromatic carbocycles. The lowest BCUT2D eigenvalue weighted by Crippen LogP contribution is -2.26. The van der Waals surface area contributed by atoms with Gasteiger partial charge in [0.2, 0.25) is 0 Å². The molecule has 0 saturated carbocycles. The number of hydrogen-bond acceptors (Lipinski definition) is 3. The maximum absolute atomic E-state index is 11.1. The van der Waals surface area contributed by atoms with E-state index in [1.165, 1.54) is 0 Å². The number of hydrogen-bond donors (Lipinski definition) is 1. The first-order chi connectivity index (χ1) is 12.2. The van der Waals surface area contributed by atoms with Crippen LogP contribution in [0.2, 0.25) is 0 Å². The molecule has 1 N–H and O–H groups in total. The molecule has 0 atom stereocenters. The highest BCUT2D eigenvalue weighted by molar-refractivity contribution is 5.74. The van der Waals surface area contributed by atoms with Gasteiger partial charge < -0.3 is 9.84 Å². The largest absolute Gasteiger partial charge is 0.481 e. The molecule has 0 spiro atoms. The third-order valence-electron chi connectivity index (χ3n) is 3.76. The fourth-order valence-electron chi connectivity index (χ4n) is 2.08. The fourth-order valence-corrected chi connectivity index (χ4v) is 2.08. The average molecular weight is 356 g/mol. The number of aliphatic carboxylic acids is 1. The first-order valence-electron chi connectivity index (χ1n) is 8.70. The van der Waals surface area contributed by atoms with E-state index >= 15 is 0 Å². The molecule has 0 unspecified atom stereocenters. The van der Waals surface area contributed by atoms with E-state index in [-0.39, 0.29) is 11.9 Å². The van der Waals surface area contributed by atoms with E-state index in [4.69, 9.17) is 9.84 Å². The van der Waals surface area contributed by atoms with Crippen LogP contribution >= 0.6 is 0 Å². The normalized spacial score (nSPS) is 10.7. The number of rotatable bonds is 6. The summed E-state index contributed by atoms with van der Waals surface area (Å²) in [5.74, 6) is -0.955. The average Bonchev–Trinajstić information content (AvgIpc) is 2.61. The Hall–Kier alpha value is -2.62. The van der Waals surface area contributed by atoms with Crippen molar-refractivity contribution in [3.05, 3.63) is 71.8 Å². The summed E-state index contributed by atoms with van der Waals surface area (Å²) in [6.07, 6.45) is 0.573. The topological polar surface area (TPSA) is 63.6 Å². The Balaban J connectivity index is 0.000000260. The van der Waals surface area contributed by atoms with E-state index in [1.807, 2.05) is 74.5 Å². The van der Waals surface area contributed by atoms with E-state index in [0.29, 0.717) is 13.0 Å². The van der Waals surface area contributed by atoms with Gasteiger partial charge in [-0.05, 0) is 31.4 Å². The molecule has 0 aliphatic heterocycles. The molecule has 0 heterocycles. The van der Waals surface area contributed by atoms with Crippen molar-refractivity contribution in [1.82, 2.24) is 0 Å². The Morgan fingerprint density at radius 2 is 1.38 bits per heavy atom. The van der Waals surface area contributed by atoms with Crippen LogP contribution in [0.5, 0.6) is 0 Å². The molecule has 4 heteroatoms. The number of carboxylic acids is 1. The summed E-state index contributed by atoms with van der Waals surface area (Å²) < 4.78 is 5.05. The van der Waals surface area contributed by atoms with Gasteiger partial charge in [-0.15, -0.1) is 0 Å². The third-order valence-corrected chi connectivity index (χ3v) is 3.76. The van der Waals surface area contributed by atoms with Crippen LogP contribution in [0.25, 0.3) is 0 Å². The van der Waals surface area contributed by atoms with Crippen molar-refractivity contribution < 1.29 is 19.4 Å². The highest BCUT2D eigenvalue weighted by Gasteiger charge is 2.26. The lowest BCUT2D eigenvalue weighted by atomic mass is 9.86. The minimum Gasteiger partial charge on any atom is -0.481 e. The summed E-state index contributed by atoms with van der Waals surface area (Å²) in [4.78, 5) is 21.9. The molecule has 0 bridgehead atoms. The molecule has 0 saturated heterocycles. The van der Waals surface area contributed by atoms with Crippen LogP contribution in [-0.2, 0) is 27.4 Å². The highest BCUT2D eigenvalue weighted by atomic mass is 16.5. The van der Waals surface area contributed by atoms with Crippen LogP contribution in [0.3, 0.4) is 0 Å². The molecule has 4 nitrogen and oxygen atoms in total. The van der Waals surface area contributed by atoms with Gasteiger partial charge in [0.1, 0.15) is 6.61 Å². The second-order valence-corrected chi connectivity index (χ2v) is 7.10. The monoisotopic (exact) mass is 356 g/mol. The number of esters is 1. The lowest BCUT2D eigenvalue weighted by Gasteiger charge is -2.18. The van der Waals surface area contributed by atoms with Gasteiger partial charge >= 0.3 is 11.9 Å². The Kier molecular flexibility index (Phi) is 8.56. The fraction of sp³-hybridized carbons (Fsp3) is 0.364. The first kappa shape index (κ1) is 21.4. The first-order valence-corrected chi connectivity index (χ1v) is 8.70. The maximum atomic E-state index is 11.1. The van der Waals surface area contributed by atoms with Crippen LogP contribution in [0, 0.1) is 11.3 Å². The summed E-state index contributed by atoms with van der Waals surface area (Å²) in [7, 11) is 0. The maximum Gasteiger partial charge on any atom is 0.309 e. The van der Waals surface area contributed by atoms with Crippen molar-refractivity contribution in [2.24, 2.45) is 11.3 Å². The molecule has 0 radical (unpaired) electrons. The standard InChI is InChI=1S/2C11H14O2/c1-11(2,10(12)13)8-9-6-4-3-5-7-9;1-9(2)11(12)13-8-10-6-4-3-5-7-10/h3-7H,8H2,1-2H3,(H,12,13);3-7,9H,8H2,1-2H3. The molecule has 0 aliphatic rings. The zero-order chi connectivity index (χ0) is 19.6. The van der Waals surface area contributed by atoms with Crippen molar-refractivity contribution >= 4 is 11.9 Å². The van der Waals surface area contributed by atoms with E-state index in [2.05, 4.69) is 0 Å². The molecule has 0 fully saturated rings. The second kappa shape index (κ2) is 10.4. The van der Waals surface area contributed by atoms with Gasteiger partial charge in [0.05, 0.1) is 11.3 Å². The summed E-state index contributed by atoms with van der Waals surface area (Å²) in [6.45, 7) is 7.50. The molecule has 26 heavy (non-hydrogen) atoms. The highest BCUT2D eigenvalue weighted by Crippen LogP contribution is 2.21. The smallest absolute Gasteiger partial charge is 0.309 e. The Morgan fingerprint density at radius 3 is 1.81 bits per heavy atom. The Labute approximate surface area is 155 Å². The van der Waals surface area contributed by atoms with E-state index in [0.717, 1.165) is 11.1 Å². The van der Waals surface area contributed by atoms with Gasteiger partial charge in [-0.25, -0.2) is 0 Å². The number of carboxylic acid groups (broad SMARTS) is 1. The Morgan fingerprint density at radius 1 is 0.923 bits per heavy atom. The summed E-state index contributed by atoms with van der Waals surface area (Å²) >= 11 is 0. The van der Waals surface area contributed by atoms with Gasteiger partial charge in [-0.2, -0.15) is 0 Å². The molecule has 140 valence electrons. The lowest BCUT2D eigenvalue weighted by molar-refractivity contribution is -0.149. The van der Waals surface area contributed by atoms with Crippen molar-refractivity contribution in [3.8, 4) is 0 Å². The summed E-state index contributed by atoms with van der Waals surface area (Å²) in [5, 5.41) is 8.90. The van der Waals surface area contributed by atoms with E-state index < -0.39 is 11.4 Å². The van der Waals surface area contributed by atoms with Crippen molar-refractivity contribution in [2.45, 2.75) is 40.7 Å². The van der Waals surface area contributed by atoms with Crippen molar-refractivity contribution in [2.75, 3.05) is 0 Å². The Bertz CT molecular complexity index is 674. The van der Waals surface area contributed by atoms with Gasteiger partial charge in [-0.3, -0.25) is 9.59 Å². The zero-order valence-corrected chi connectivity index (χ0v) is 15.9. The van der Waals surface area contributed by atoms with Crippen LogP contribution in [0.15, 0.2) is 60.7 Å². The van der Waals surface area contributed by atoms with Gasteiger partial charge in [0.15, 0.2) is 0 Å². The SMILES string of the molecule is CC(C)(Cc1ccccc1)C(=O)O.CC(C)C(=O)OCc1ccccc1. The van der Waals surface area contributed by atoms with Crippen LogP contribution in [-0.4, -0.2) is 17.0 Å². The zero-order valence-electron chi connectivity index (χ0n) is 15.9. The molecule has 2 aromatic rings. The minimum atomic E-state index is -0.753. The van der Waals surface area contributed by atoms with Crippen LogP contribution in [0.1, 0.15) is 38.8 Å². The quantitative estimate of drug-likeness (QED) is 0.760. The molecule has 0 aliphatic carbocycles. The number of carbonyl (C=O) groups excluding carboxylic acids is 1. The van der Waals surface area contributed by atoms with Crippen molar-refractivity contribution in [3.63, 3.8) is 0 Å². The van der Waals surface area contributed by atoms with Crippen LogP contribution < -0.4 is 0 Å². The number of ether oxygens (including phenoxy) is 1. The third kappa shape index (κ3) is 7.97. The van der Waals surface area contributed by atoms with Gasteiger partial charge in [-0.1, -0.05) is 74.5 Å². The number of carbonyl (C=O) groups is 2. The van der Waals surface area contributed by atoms with E-state index in [9.17, 15) is 9.59 Å². The van der Waals surface area contributed by atoms with Gasteiger partial charge in [0, 0.05) is 0 Å². The minimum absolute atomic E-state index is 0.0521. The molecule has 0 aromatic heterocycles. The van der Waals surface area contributed by atoms with Crippen molar-refractivity contribution in [1.29, 1.82) is 0 Å². The van der Waals surface area contributed by atoms with E-state index in [1.54, 1.807) is 13.8 Å². The predicted molar refractivity (Wildman–Crippen MR) is 103 cm³/mol. The number of benzene rings is 2. The van der Waals surface area contributed by atoms with Crippen LogP contribution in [0.4, 0.5) is 0 Å². The summed E-state index contributed by atoms with van der Waals surface area (Å²) in [5.41, 5.74) is 1.41. The second-order valence-electron chi connectivity index (χ2n) is 7.10. The molecular weight excluding hydrogens is 328 g/mol. The van der Waals surface area contributed by atoms with Gasteiger partial charge in [0.25, 0.3) is 0 Å². The summed E-state index contributed by atoms with van der Waals surface area (Å²) in [6, 6.07) is 19.3. The molecular formula is C22H28O4. The predicted octanol–water partition coefficient (Wildman–Crippen LogP) is 4.73.